The van der Waals surface area contributed by atoms with E-state index in [-0.39, 0.29) is 0 Å². The highest BCUT2D eigenvalue weighted by Gasteiger charge is 2.53. The number of hydrogen-bond acceptors (Lipinski definition) is 6. The molecule has 290 valence electrons. The largest absolute Gasteiger partial charge is 0.495 e. The maximum atomic E-state index is 6.81. The predicted molar refractivity (Wildman–Crippen MR) is 228 cm³/mol. The molecule has 1 aliphatic carbocycles. The molecule has 0 amide bonds. The van der Waals surface area contributed by atoms with E-state index in [1.807, 2.05) is 0 Å². The Balaban J connectivity index is 1.48. The number of rotatable bonds is 11. The minimum Gasteiger partial charge on any atom is -0.489 e. The summed E-state index contributed by atoms with van der Waals surface area (Å²) in [6.45, 7) is 29.1. The minimum atomic E-state index is -0.567. The lowest BCUT2D eigenvalue weighted by Gasteiger charge is -2.32. The van der Waals surface area contributed by atoms with Crippen LogP contribution in [0.2, 0.25) is 0 Å². The van der Waals surface area contributed by atoms with Gasteiger partial charge in [0.15, 0.2) is 11.5 Å². The molecule has 0 radical (unpaired) electrons. The zero-order chi connectivity index (χ0) is 39.7. The number of hydrogen-bond donors (Lipinski definition) is 0. The van der Waals surface area contributed by atoms with Crippen molar-refractivity contribution in [3.63, 3.8) is 0 Å². The first-order valence-electron chi connectivity index (χ1n) is 20.4. The monoisotopic (exact) mass is 742 g/mol. The van der Waals surface area contributed by atoms with E-state index in [9.17, 15) is 0 Å². The van der Waals surface area contributed by atoms with E-state index in [4.69, 9.17) is 28.1 Å². The molecule has 4 aromatic carbocycles. The van der Waals surface area contributed by atoms with Gasteiger partial charge in [0.1, 0.15) is 0 Å². The topological polar surface area (TPSA) is 55.4 Å². The van der Waals surface area contributed by atoms with Crippen molar-refractivity contribution in [2.45, 2.75) is 125 Å². The van der Waals surface area contributed by atoms with Crippen LogP contribution >= 0.6 is 0 Å². The van der Waals surface area contributed by atoms with Crippen molar-refractivity contribution in [3.05, 3.63) is 72.3 Å². The average molecular weight is 743 g/mol. The van der Waals surface area contributed by atoms with Crippen molar-refractivity contribution in [2.24, 2.45) is 11.8 Å². The molecule has 2 heterocycles. The Hall–Kier alpha value is -3.55. The van der Waals surface area contributed by atoms with Gasteiger partial charge in [-0.05, 0) is 142 Å². The molecule has 8 heteroatoms. The third-order valence-corrected chi connectivity index (χ3v) is 13.0. The summed E-state index contributed by atoms with van der Waals surface area (Å²) >= 11 is 0. The van der Waals surface area contributed by atoms with Gasteiger partial charge in [0, 0.05) is 0 Å². The molecule has 55 heavy (non-hydrogen) atoms. The van der Waals surface area contributed by atoms with E-state index in [0.717, 1.165) is 79.8 Å². The van der Waals surface area contributed by atoms with Gasteiger partial charge in [0.2, 0.25) is 0 Å². The van der Waals surface area contributed by atoms with E-state index in [1.165, 1.54) is 5.56 Å². The van der Waals surface area contributed by atoms with Gasteiger partial charge < -0.3 is 28.1 Å². The van der Waals surface area contributed by atoms with Gasteiger partial charge in [0.25, 0.3) is 0 Å². The van der Waals surface area contributed by atoms with Crippen LogP contribution in [0.3, 0.4) is 0 Å². The lowest BCUT2D eigenvalue weighted by molar-refractivity contribution is 0.00578. The summed E-state index contributed by atoms with van der Waals surface area (Å²) in [7, 11) is -1.05. The zero-order valence-electron chi connectivity index (χ0n) is 35.4. The van der Waals surface area contributed by atoms with Crippen molar-refractivity contribution >= 4 is 25.2 Å². The van der Waals surface area contributed by atoms with Crippen LogP contribution in [0.4, 0.5) is 0 Å². The number of benzene rings is 4. The normalized spacial score (nSPS) is 19.7. The van der Waals surface area contributed by atoms with E-state index < -0.39 is 36.6 Å². The van der Waals surface area contributed by atoms with Crippen LogP contribution in [0, 0.1) is 18.8 Å². The lowest BCUT2D eigenvalue weighted by Crippen LogP contribution is -2.41. The van der Waals surface area contributed by atoms with Gasteiger partial charge in [-0.15, -0.1) is 0 Å². The molecule has 7 rings (SSSR count). The highest BCUT2D eigenvalue weighted by molar-refractivity contribution is 6.64. The van der Waals surface area contributed by atoms with Crippen LogP contribution in [0.15, 0.2) is 66.7 Å². The van der Waals surface area contributed by atoms with Gasteiger partial charge in [-0.25, -0.2) is 0 Å². The molecule has 0 N–H and O–H groups in total. The van der Waals surface area contributed by atoms with Gasteiger partial charge in [-0.1, -0.05) is 101 Å². The van der Waals surface area contributed by atoms with Crippen molar-refractivity contribution in [1.82, 2.24) is 0 Å². The fourth-order valence-corrected chi connectivity index (χ4v) is 7.44. The SMILES string of the molecule is CCC(C)COc1ccc(-c2c3ccc(B4OC(C)(C)C(C)(C)O4)c2-c2ccc(C)cc2-c2cc(B4OC(C)(C)C(C)(C)O4)ccc2-3)cc1OCC(C)CC. The van der Waals surface area contributed by atoms with E-state index in [0.29, 0.717) is 25.0 Å². The molecular formula is C47H60B2O6. The van der Waals surface area contributed by atoms with Crippen LogP contribution in [0.25, 0.3) is 44.5 Å². The summed E-state index contributed by atoms with van der Waals surface area (Å²) in [5.41, 5.74) is 10.2. The fraction of sp³-hybridized carbons (Fsp3) is 0.489. The van der Waals surface area contributed by atoms with Crippen molar-refractivity contribution in [1.29, 1.82) is 0 Å². The molecule has 4 aromatic rings. The van der Waals surface area contributed by atoms with Crippen LogP contribution < -0.4 is 20.4 Å². The standard InChI is InChI=1S/C47H60B2O6/c1-14-29(3)27-50-40-23-17-32(25-41(40)51-28-30(4)15-2)42-35-21-22-39(49-54-46(10,11)47(12,13)55-49)43(42)36-19-16-31(5)24-37(36)38-26-33(18-20-34(35)38)48-52-44(6,7)45(8,9)53-48/h16-26,29-30H,14-15,27-28H2,1-13H3. The average Bonchev–Trinajstić information content (AvgIpc) is 3.47. The molecule has 2 unspecified atom stereocenters. The molecule has 0 spiro atoms. The summed E-state index contributed by atoms with van der Waals surface area (Å²) < 4.78 is 39.9. The third-order valence-electron chi connectivity index (χ3n) is 13.0. The van der Waals surface area contributed by atoms with Crippen molar-refractivity contribution in [3.8, 4) is 56.0 Å². The molecule has 2 aliphatic heterocycles. The fourth-order valence-electron chi connectivity index (χ4n) is 7.44. The molecule has 0 saturated carbocycles. The highest BCUT2D eigenvalue weighted by atomic mass is 16.7. The highest BCUT2D eigenvalue weighted by Crippen LogP contribution is 2.51. The van der Waals surface area contributed by atoms with Crippen LogP contribution in [0.5, 0.6) is 11.5 Å². The third kappa shape index (κ3) is 7.18. The Morgan fingerprint density at radius 1 is 0.527 bits per heavy atom. The first-order valence-corrected chi connectivity index (χ1v) is 20.4. The minimum absolute atomic E-state index is 0.408. The second-order valence-electron chi connectivity index (χ2n) is 18.3. The number of fused-ring (bicyclic) bond motifs is 7. The maximum absolute atomic E-state index is 6.81. The number of aryl methyl sites for hydroxylation is 1. The molecule has 2 atom stereocenters. The molecule has 6 nitrogen and oxygen atoms in total. The summed E-state index contributed by atoms with van der Waals surface area (Å²) in [6.07, 6.45) is 2.09. The van der Waals surface area contributed by atoms with Gasteiger partial charge >= 0.3 is 14.2 Å². The zero-order valence-corrected chi connectivity index (χ0v) is 35.4. The van der Waals surface area contributed by atoms with Crippen LogP contribution in [-0.2, 0) is 18.6 Å². The lowest BCUT2D eigenvalue weighted by atomic mass is 9.71. The Morgan fingerprint density at radius 2 is 1.05 bits per heavy atom. The molecular weight excluding hydrogens is 682 g/mol. The molecule has 3 aliphatic rings. The Bertz CT molecular complexity index is 2050. The van der Waals surface area contributed by atoms with Crippen LogP contribution in [-0.4, -0.2) is 49.9 Å². The predicted octanol–water partition coefficient (Wildman–Crippen LogP) is 10.4. The quantitative estimate of drug-likeness (QED) is 0.126. The smallest absolute Gasteiger partial charge is 0.489 e. The van der Waals surface area contributed by atoms with Crippen molar-refractivity contribution < 1.29 is 28.1 Å². The van der Waals surface area contributed by atoms with Gasteiger partial charge in [0.05, 0.1) is 35.6 Å². The first kappa shape index (κ1) is 39.7. The Morgan fingerprint density at radius 3 is 1.65 bits per heavy atom. The summed E-state index contributed by atoms with van der Waals surface area (Å²) in [5, 5.41) is 0. The van der Waals surface area contributed by atoms with Crippen LogP contribution in [0.1, 0.15) is 101 Å². The summed E-state index contributed by atoms with van der Waals surface area (Å²) in [4.78, 5) is 0. The number of ether oxygens (including phenoxy) is 2. The molecule has 2 bridgehead atoms. The van der Waals surface area contributed by atoms with Gasteiger partial charge in [-0.2, -0.15) is 0 Å². The molecule has 0 aromatic heterocycles. The molecule has 2 fully saturated rings. The Kier molecular flexibility index (Phi) is 10.4. The first-order chi connectivity index (χ1) is 25.9. The summed E-state index contributed by atoms with van der Waals surface area (Å²) in [5.74, 6) is 2.38. The van der Waals surface area contributed by atoms with E-state index >= 15 is 0 Å². The Labute approximate surface area is 330 Å². The van der Waals surface area contributed by atoms with E-state index in [2.05, 4.69) is 157 Å². The van der Waals surface area contributed by atoms with Gasteiger partial charge in [-0.3, -0.25) is 0 Å². The second-order valence-corrected chi connectivity index (χ2v) is 18.3. The summed E-state index contributed by atoms with van der Waals surface area (Å²) in [6, 6.07) is 24.4. The van der Waals surface area contributed by atoms with E-state index in [1.54, 1.807) is 0 Å². The van der Waals surface area contributed by atoms with Crippen molar-refractivity contribution in [2.75, 3.05) is 13.2 Å². The second kappa shape index (κ2) is 14.4. The molecule has 2 saturated heterocycles. The maximum Gasteiger partial charge on any atom is 0.495 e.